The summed E-state index contributed by atoms with van der Waals surface area (Å²) in [5.41, 5.74) is 1.80. The third-order valence-electron chi connectivity index (χ3n) is 3.35. The molecule has 0 fully saturated rings. The highest BCUT2D eigenvalue weighted by atomic mass is 35.5. The molecule has 1 aromatic carbocycles. The molecule has 0 amide bonds. The molecular weight excluding hydrogens is 384 g/mol. The quantitative estimate of drug-likeness (QED) is 0.614. The summed E-state index contributed by atoms with van der Waals surface area (Å²) in [6, 6.07) is 8.73. The first-order valence-electron chi connectivity index (χ1n) is 7.30. The molecule has 0 unspecified atom stereocenters. The van der Waals surface area contributed by atoms with Crippen molar-refractivity contribution in [1.29, 1.82) is 0 Å². The van der Waals surface area contributed by atoms with Crippen molar-refractivity contribution in [2.24, 2.45) is 0 Å². The number of rotatable bonds is 6. The number of nitrogens with one attached hydrogen (secondary N) is 1. The van der Waals surface area contributed by atoms with Gasteiger partial charge < -0.3 is 0 Å². The van der Waals surface area contributed by atoms with Gasteiger partial charge in [-0.25, -0.2) is 13.4 Å². The number of aromatic nitrogens is 1. The van der Waals surface area contributed by atoms with Crippen LogP contribution in [-0.4, -0.2) is 13.4 Å². The lowest BCUT2D eigenvalue weighted by atomic mass is 10.1. The highest BCUT2D eigenvalue weighted by Gasteiger charge is 2.17. The van der Waals surface area contributed by atoms with Crippen molar-refractivity contribution >= 4 is 49.4 Å². The van der Waals surface area contributed by atoms with Gasteiger partial charge in [-0.1, -0.05) is 37.1 Å². The molecule has 1 N–H and O–H groups in total. The molecule has 3 aromatic rings. The maximum atomic E-state index is 12.5. The number of anilines is 1. The summed E-state index contributed by atoms with van der Waals surface area (Å²) in [6.45, 7) is 2.09. The zero-order valence-corrected chi connectivity index (χ0v) is 16.0. The molecule has 0 spiro atoms. The molecule has 0 aliphatic rings. The van der Waals surface area contributed by atoms with Crippen LogP contribution in [0.15, 0.2) is 46.0 Å². The lowest BCUT2D eigenvalue weighted by Crippen LogP contribution is -2.12. The minimum Gasteiger partial charge on any atom is -0.255 e. The van der Waals surface area contributed by atoms with E-state index in [-0.39, 0.29) is 4.90 Å². The molecule has 0 aliphatic heterocycles. The fraction of sp³-hybridized carbons (Fsp3) is 0.188. The number of benzene rings is 1. The van der Waals surface area contributed by atoms with E-state index < -0.39 is 10.0 Å². The largest absolute Gasteiger partial charge is 0.263 e. The highest BCUT2D eigenvalue weighted by Crippen LogP contribution is 2.35. The van der Waals surface area contributed by atoms with Crippen LogP contribution in [0.1, 0.15) is 18.9 Å². The first-order chi connectivity index (χ1) is 11.5. The lowest BCUT2D eigenvalue weighted by Gasteiger charge is -2.06. The molecule has 24 heavy (non-hydrogen) atoms. The first-order valence-corrected chi connectivity index (χ1v) is 10.9. The third kappa shape index (κ3) is 3.80. The average Bonchev–Trinajstić information content (AvgIpc) is 3.16. The van der Waals surface area contributed by atoms with Gasteiger partial charge in [0.05, 0.1) is 20.5 Å². The van der Waals surface area contributed by atoms with Crippen molar-refractivity contribution in [1.82, 2.24) is 4.98 Å². The van der Waals surface area contributed by atoms with Crippen LogP contribution >= 0.6 is 34.3 Å². The Labute approximate surface area is 154 Å². The zero-order chi connectivity index (χ0) is 17.2. The highest BCUT2D eigenvalue weighted by molar-refractivity contribution is 7.93. The van der Waals surface area contributed by atoms with Gasteiger partial charge in [0.15, 0.2) is 5.13 Å². The van der Waals surface area contributed by atoms with Gasteiger partial charge in [0.2, 0.25) is 0 Å². The summed E-state index contributed by atoms with van der Waals surface area (Å²) < 4.78 is 27.5. The fourth-order valence-corrected chi connectivity index (χ4v) is 5.34. The predicted molar refractivity (Wildman–Crippen MR) is 102 cm³/mol. The minimum atomic E-state index is -3.64. The van der Waals surface area contributed by atoms with E-state index in [0.717, 1.165) is 23.3 Å². The van der Waals surface area contributed by atoms with Crippen LogP contribution in [0.3, 0.4) is 0 Å². The molecule has 4 nitrogen and oxygen atoms in total. The molecule has 0 saturated carbocycles. The monoisotopic (exact) mass is 398 g/mol. The molecule has 2 heterocycles. The van der Waals surface area contributed by atoms with Gasteiger partial charge in [-0.2, -0.15) is 0 Å². The average molecular weight is 399 g/mol. The summed E-state index contributed by atoms with van der Waals surface area (Å²) in [6.07, 6.45) is 1.96. The number of hydrogen-bond donors (Lipinski definition) is 1. The van der Waals surface area contributed by atoms with Gasteiger partial charge in [-0.3, -0.25) is 4.72 Å². The zero-order valence-electron chi connectivity index (χ0n) is 12.8. The SMILES string of the molecule is CCCc1ccc(S(=O)(=O)Nc2nc(-c3sccc3Cl)cs2)cc1. The molecule has 2 aromatic heterocycles. The maximum Gasteiger partial charge on any atom is 0.263 e. The molecular formula is C16H15ClN2O2S3. The smallest absolute Gasteiger partial charge is 0.255 e. The van der Waals surface area contributed by atoms with E-state index in [2.05, 4.69) is 16.6 Å². The van der Waals surface area contributed by atoms with Crippen molar-refractivity contribution in [3.63, 3.8) is 0 Å². The molecule has 0 bridgehead atoms. The molecule has 126 valence electrons. The van der Waals surface area contributed by atoms with Crippen LogP contribution in [-0.2, 0) is 16.4 Å². The minimum absolute atomic E-state index is 0.230. The summed E-state index contributed by atoms with van der Waals surface area (Å²) in [4.78, 5) is 5.39. The van der Waals surface area contributed by atoms with Gasteiger partial charge in [0, 0.05) is 5.38 Å². The molecule has 8 heteroatoms. The van der Waals surface area contributed by atoms with Crippen molar-refractivity contribution in [2.75, 3.05) is 4.72 Å². The molecule has 0 atom stereocenters. The Bertz CT molecular complexity index is 930. The number of nitrogens with zero attached hydrogens (tertiary/aromatic N) is 1. The summed E-state index contributed by atoms with van der Waals surface area (Å²) >= 11 is 8.80. The Balaban J connectivity index is 1.80. The normalized spacial score (nSPS) is 11.6. The standard InChI is InChI=1S/C16H15ClN2O2S3/c1-2-3-11-4-6-12(7-5-11)24(20,21)19-16-18-14(10-23-16)15-13(17)8-9-22-15/h4-10H,2-3H2,1H3,(H,18,19). The Kier molecular flexibility index (Phi) is 5.24. The topological polar surface area (TPSA) is 59.1 Å². The van der Waals surface area contributed by atoms with Crippen LogP contribution in [0.2, 0.25) is 5.02 Å². The van der Waals surface area contributed by atoms with Gasteiger partial charge in [-0.15, -0.1) is 22.7 Å². The molecule has 0 radical (unpaired) electrons. The van der Waals surface area contributed by atoms with Crippen LogP contribution in [0.25, 0.3) is 10.6 Å². The second-order valence-electron chi connectivity index (χ2n) is 5.14. The van der Waals surface area contributed by atoms with Crippen molar-refractivity contribution < 1.29 is 8.42 Å². The van der Waals surface area contributed by atoms with Crippen LogP contribution in [0.5, 0.6) is 0 Å². The Hall–Kier alpha value is -1.41. The van der Waals surface area contributed by atoms with Gasteiger partial charge in [-0.05, 0) is 35.6 Å². The van der Waals surface area contributed by atoms with Crippen molar-refractivity contribution in [2.45, 2.75) is 24.7 Å². The predicted octanol–water partition coefficient (Wildman–Crippen LogP) is 5.28. The lowest BCUT2D eigenvalue weighted by molar-refractivity contribution is 0.601. The number of hydrogen-bond acceptors (Lipinski definition) is 5. The fourth-order valence-electron chi connectivity index (χ4n) is 2.20. The van der Waals surface area contributed by atoms with Gasteiger partial charge in [0.1, 0.15) is 0 Å². The van der Waals surface area contributed by atoms with Crippen LogP contribution < -0.4 is 4.72 Å². The molecule has 0 aliphatic carbocycles. The van der Waals surface area contributed by atoms with E-state index >= 15 is 0 Å². The summed E-state index contributed by atoms with van der Waals surface area (Å²) in [5.74, 6) is 0. The third-order valence-corrected chi connectivity index (χ3v) is 6.95. The van der Waals surface area contributed by atoms with Crippen LogP contribution in [0, 0.1) is 0 Å². The number of halogens is 1. The van der Waals surface area contributed by atoms with E-state index in [4.69, 9.17) is 11.6 Å². The number of sulfonamides is 1. The number of thiazole rings is 1. The summed E-state index contributed by atoms with van der Waals surface area (Å²) in [7, 11) is -3.64. The van der Waals surface area contributed by atoms with E-state index in [1.807, 2.05) is 17.5 Å². The van der Waals surface area contributed by atoms with Crippen molar-refractivity contribution in [3.8, 4) is 10.6 Å². The maximum absolute atomic E-state index is 12.5. The molecule has 3 rings (SSSR count). The van der Waals surface area contributed by atoms with E-state index in [1.54, 1.807) is 23.6 Å². The van der Waals surface area contributed by atoms with E-state index in [9.17, 15) is 8.42 Å². The number of thiophene rings is 1. The first kappa shape index (κ1) is 17.4. The Morgan fingerprint density at radius 2 is 1.92 bits per heavy atom. The molecule has 0 saturated heterocycles. The van der Waals surface area contributed by atoms with Crippen molar-refractivity contribution in [3.05, 3.63) is 51.7 Å². The Morgan fingerprint density at radius 3 is 2.54 bits per heavy atom. The Morgan fingerprint density at radius 1 is 1.17 bits per heavy atom. The van der Waals surface area contributed by atoms with E-state index in [0.29, 0.717) is 15.8 Å². The van der Waals surface area contributed by atoms with Gasteiger partial charge >= 0.3 is 0 Å². The second-order valence-corrected chi connectivity index (χ2v) is 9.00. The van der Waals surface area contributed by atoms with Gasteiger partial charge in [0.25, 0.3) is 10.0 Å². The van der Waals surface area contributed by atoms with E-state index in [1.165, 1.54) is 22.7 Å². The summed E-state index contributed by atoms with van der Waals surface area (Å²) in [5, 5.41) is 4.61. The number of aryl methyl sites for hydroxylation is 1. The second kappa shape index (κ2) is 7.23. The van der Waals surface area contributed by atoms with Crippen LogP contribution in [0.4, 0.5) is 5.13 Å².